The first-order chi connectivity index (χ1) is 19.3. The molecule has 1 aliphatic rings. The van der Waals surface area contributed by atoms with Gasteiger partial charge < -0.3 is 30.0 Å². The van der Waals surface area contributed by atoms with E-state index in [9.17, 15) is 19.5 Å². The Labute approximate surface area is 233 Å². The normalized spacial score (nSPS) is 15.2. The van der Waals surface area contributed by atoms with Gasteiger partial charge in [-0.3, -0.25) is 4.79 Å². The van der Waals surface area contributed by atoms with E-state index in [1.165, 1.54) is 7.11 Å². The smallest absolute Gasteiger partial charge is 0.407 e. The van der Waals surface area contributed by atoms with Gasteiger partial charge in [-0.25, -0.2) is 9.59 Å². The van der Waals surface area contributed by atoms with Crippen molar-refractivity contribution in [1.82, 2.24) is 10.6 Å². The summed E-state index contributed by atoms with van der Waals surface area (Å²) < 4.78 is 16.6. The predicted octanol–water partition coefficient (Wildman–Crippen LogP) is 4.10. The van der Waals surface area contributed by atoms with E-state index in [1.54, 1.807) is 13.8 Å². The number of ether oxygens (including phenoxy) is 3. The molecule has 9 heteroatoms. The number of fused-ring (bicyclic) bond motifs is 3. The lowest BCUT2D eigenvalue weighted by atomic mass is 9.98. The Kier molecular flexibility index (Phi) is 9.52. The van der Waals surface area contributed by atoms with Gasteiger partial charge in [0, 0.05) is 13.0 Å². The Balaban J connectivity index is 1.39. The number of hydrogen-bond donors (Lipinski definition) is 3. The Morgan fingerprint density at radius 1 is 0.800 bits per heavy atom. The second-order valence-electron chi connectivity index (χ2n) is 9.71. The van der Waals surface area contributed by atoms with Crippen LogP contribution in [-0.2, 0) is 30.4 Å². The van der Waals surface area contributed by atoms with Crippen LogP contribution in [0.4, 0.5) is 4.79 Å². The highest BCUT2D eigenvalue weighted by atomic mass is 16.5. The maximum Gasteiger partial charge on any atom is 0.407 e. The van der Waals surface area contributed by atoms with Gasteiger partial charge in [-0.2, -0.15) is 0 Å². The van der Waals surface area contributed by atoms with Crippen LogP contribution in [0.25, 0.3) is 11.1 Å². The van der Waals surface area contributed by atoms with Crippen LogP contribution in [-0.4, -0.2) is 61.1 Å². The number of rotatable bonds is 12. The van der Waals surface area contributed by atoms with Crippen LogP contribution >= 0.6 is 0 Å². The molecule has 0 radical (unpaired) electrons. The van der Waals surface area contributed by atoms with E-state index in [2.05, 4.69) is 10.6 Å². The minimum Gasteiger partial charge on any atom is -0.480 e. The second kappa shape index (κ2) is 13.2. The predicted molar refractivity (Wildman–Crippen MR) is 149 cm³/mol. The maximum atomic E-state index is 13.2. The number of aliphatic carboxylic acids is 1. The van der Waals surface area contributed by atoms with E-state index in [-0.39, 0.29) is 19.1 Å². The van der Waals surface area contributed by atoms with Crippen molar-refractivity contribution < 1.29 is 33.7 Å². The molecule has 0 aromatic heterocycles. The van der Waals surface area contributed by atoms with Gasteiger partial charge in [-0.1, -0.05) is 78.9 Å². The monoisotopic (exact) mass is 546 g/mol. The van der Waals surface area contributed by atoms with Crippen molar-refractivity contribution in [3.05, 3.63) is 95.6 Å². The minimum atomic E-state index is -1.35. The third-order valence-corrected chi connectivity index (χ3v) is 7.13. The van der Waals surface area contributed by atoms with Crippen molar-refractivity contribution >= 4 is 18.0 Å². The highest BCUT2D eigenvalue weighted by Gasteiger charge is 2.35. The zero-order valence-corrected chi connectivity index (χ0v) is 22.7. The standard InChI is InChI=1S/C31H34N2O7/c1-19(38-3)27(29(34)32-28(30(35)36)20(2)39-17-21-11-5-4-6-12-21)33-31(37)40-18-26-24-15-9-7-13-22(24)23-14-8-10-16-25(23)26/h4-16,19-20,26-28H,17-18H2,1-3H3,(H,32,34)(H,33,37)(H,35,36)/t19?,20-,27?,28+/m0/s1. The quantitative estimate of drug-likeness (QED) is 0.313. The molecule has 0 aliphatic heterocycles. The first kappa shape index (κ1) is 28.8. The summed E-state index contributed by atoms with van der Waals surface area (Å²) in [5.74, 6) is -2.14. The zero-order valence-electron chi connectivity index (χ0n) is 22.7. The highest BCUT2D eigenvalue weighted by molar-refractivity contribution is 5.90. The Morgan fingerprint density at radius 2 is 1.38 bits per heavy atom. The fourth-order valence-electron chi connectivity index (χ4n) is 4.82. The van der Waals surface area contributed by atoms with Gasteiger partial charge >= 0.3 is 12.1 Å². The summed E-state index contributed by atoms with van der Waals surface area (Å²) in [6.07, 6.45) is -2.43. The fraction of sp³-hybridized carbons (Fsp3) is 0.323. The minimum absolute atomic E-state index is 0.0671. The van der Waals surface area contributed by atoms with E-state index >= 15 is 0 Å². The Morgan fingerprint density at radius 3 is 1.95 bits per heavy atom. The molecule has 3 aromatic carbocycles. The summed E-state index contributed by atoms with van der Waals surface area (Å²) in [6.45, 7) is 3.41. The maximum absolute atomic E-state index is 13.2. The van der Waals surface area contributed by atoms with E-state index < -0.39 is 42.3 Å². The molecule has 0 saturated carbocycles. The number of carboxylic acid groups (broad SMARTS) is 1. The van der Waals surface area contributed by atoms with Gasteiger partial charge in [0.15, 0.2) is 6.04 Å². The molecule has 0 bridgehead atoms. The number of carboxylic acids is 1. The summed E-state index contributed by atoms with van der Waals surface area (Å²) >= 11 is 0. The molecule has 1 aliphatic carbocycles. The molecule has 0 spiro atoms. The van der Waals surface area contributed by atoms with Crippen molar-refractivity contribution in [3.63, 3.8) is 0 Å². The molecule has 2 amide bonds. The van der Waals surface area contributed by atoms with Crippen molar-refractivity contribution in [3.8, 4) is 11.1 Å². The number of hydrogen-bond acceptors (Lipinski definition) is 6. The van der Waals surface area contributed by atoms with Crippen molar-refractivity contribution in [2.75, 3.05) is 13.7 Å². The molecular weight excluding hydrogens is 512 g/mol. The first-order valence-corrected chi connectivity index (χ1v) is 13.1. The summed E-state index contributed by atoms with van der Waals surface area (Å²) in [7, 11) is 1.39. The lowest BCUT2D eigenvalue weighted by Gasteiger charge is -2.27. The number of nitrogens with one attached hydrogen (secondary N) is 2. The zero-order chi connectivity index (χ0) is 28.6. The van der Waals surface area contributed by atoms with E-state index in [0.29, 0.717) is 0 Å². The second-order valence-corrected chi connectivity index (χ2v) is 9.71. The van der Waals surface area contributed by atoms with Gasteiger partial charge in [0.25, 0.3) is 0 Å². The molecule has 40 heavy (non-hydrogen) atoms. The van der Waals surface area contributed by atoms with E-state index in [0.717, 1.165) is 27.8 Å². The number of carbonyl (C=O) groups is 3. The molecule has 3 N–H and O–H groups in total. The average molecular weight is 547 g/mol. The van der Waals surface area contributed by atoms with Crippen molar-refractivity contribution in [2.45, 2.75) is 50.7 Å². The Hall–Kier alpha value is -4.21. The summed E-state index contributed by atoms with van der Waals surface area (Å²) in [6, 6.07) is 22.7. The van der Waals surface area contributed by atoms with E-state index in [1.807, 2.05) is 78.9 Å². The highest BCUT2D eigenvalue weighted by Crippen LogP contribution is 2.44. The summed E-state index contributed by atoms with van der Waals surface area (Å²) in [4.78, 5) is 38.0. The molecule has 0 saturated heterocycles. The molecule has 0 fully saturated rings. The average Bonchev–Trinajstić information content (AvgIpc) is 3.29. The van der Waals surface area contributed by atoms with Crippen LogP contribution in [0.15, 0.2) is 78.9 Å². The molecular formula is C31H34N2O7. The molecule has 210 valence electrons. The first-order valence-electron chi connectivity index (χ1n) is 13.1. The van der Waals surface area contributed by atoms with Gasteiger partial charge in [0.1, 0.15) is 12.6 Å². The lowest BCUT2D eigenvalue weighted by molar-refractivity contribution is -0.147. The van der Waals surface area contributed by atoms with Crippen LogP contribution < -0.4 is 10.6 Å². The fourth-order valence-corrected chi connectivity index (χ4v) is 4.82. The number of methoxy groups -OCH3 is 1. The Bertz CT molecular complexity index is 1280. The largest absolute Gasteiger partial charge is 0.480 e. The van der Waals surface area contributed by atoms with Crippen LogP contribution in [0, 0.1) is 0 Å². The summed E-state index contributed by atoms with van der Waals surface area (Å²) in [5, 5.41) is 14.8. The van der Waals surface area contributed by atoms with Crippen molar-refractivity contribution in [1.29, 1.82) is 0 Å². The molecule has 2 unspecified atom stereocenters. The number of amides is 2. The molecule has 4 atom stereocenters. The van der Waals surface area contributed by atoms with Crippen LogP contribution in [0.5, 0.6) is 0 Å². The number of benzene rings is 3. The third-order valence-electron chi connectivity index (χ3n) is 7.13. The van der Waals surface area contributed by atoms with Crippen LogP contribution in [0.1, 0.15) is 36.5 Å². The third kappa shape index (κ3) is 6.67. The number of alkyl carbamates (subject to hydrolysis) is 1. The molecule has 3 aromatic rings. The van der Waals surface area contributed by atoms with Gasteiger partial charge in [-0.15, -0.1) is 0 Å². The summed E-state index contributed by atoms with van der Waals surface area (Å²) in [5.41, 5.74) is 5.18. The molecule has 4 rings (SSSR count). The van der Waals surface area contributed by atoms with Crippen LogP contribution in [0.3, 0.4) is 0 Å². The molecule has 9 nitrogen and oxygen atoms in total. The molecule has 0 heterocycles. The van der Waals surface area contributed by atoms with Gasteiger partial charge in [-0.05, 0) is 41.7 Å². The van der Waals surface area contributed by atoms with Crippen LogP contribution in [0.2, 0.25) is 0 Å². The van der Waals surface area contributed by atoms with E-state index in [4.69, 9.17) is 14.2 Å². The van der Waals surface area contributed by atoms with Gasteiger partial charge in [0.05, 0.1) is 18.8 Å². The van der Waals surface area contributed by atoms with Gasteiger partial charge in [0.2, 0.25) is 5.91 Å². The topological polar surface area (TPSA) is 123 Å². The SMILES string of the molecule is COC(C)C(NC(=O)OCC1c2ccccc2-c2ccccc21)C(=O)N[C@@H](C(=O)O)[C@H](C)OCc1ccccc1. The number of carbonyl (C=O) groups excluding carboxylic acids is 2. The van der Waals surface area contributed by atoms with Crippen molar-refractivity contribution in [2.24, 2.45) is 0 Å². The lowest BCUT2D eigenvalue weighted by Crippen LogP contribution is -2.58.